The normalized spacial score (nSPS) is 21.7. The molecule has 0 N–H and O–H groups in total. The molecule has 134 valence electrons. The second-order valence-electron chi connectivity index (χ2n) is 7.29. The topological polar surface area (TPSA) is 46.3 Å². The summed E-state index contributed by atoms with van der Waals surface area (Å²) in [6, 6.07) is 8.50. The molecule has 1 amide bonds. The third-order valence-electron chi connectivity index (χ3n) is 5.18. The number of nitrogens with zero attached hydrogens (tertiary/aromatic N) is 2. The number of hydrogen-bond acceptors (Lipinski definition) is 5. The zero-order valence-corrected chi connectivity index (χ0v) is 16.2. The van der Waals surface area contributed by atoms with E-state index in [0.717, 1.165) is 40.2 Å². The van der Waals surface area contributed by atoms with Crippen molar-refractivity contribution in [2.45, 2.75) is 44.7 Å². The van der Waals surface area contributed by atoms with Crippen molar-refractivity contribution in [3.05, 3.63) is 52.2 Å². The number of thiazole rings is 1. The van der Waals surface area contributed by atoms with E-state index in [1.54, 1.807) is 17.5 Å². The predicted molar refractivity (Wildman–Crippen MR) is 104 cm³/mol. The quantitative estimate of drug-likeness (QED) is 0.572. The fraction of sp³-hybridized carbons (Fsp3) is 0.400. The van der Waals surface area contributed by atoms with Crippen molar-refractivity contribution in [2.75, 3.05) is 0 Å². The van der Waals surface area contributed by atoms with E-state index in [1.165, 1.54) is 17.8 Å². The Morgan fingerprint density at radius 1 is 1.35 bits per heavy atom. The number of carbonyl (C=O) groups excluding carboxylic acids is 1. The Hall–Kier alpha value is -1.92. The van der Waals surface area contributed by atoms with Gasteiger partial charge in [-0.1, -0.05) is 13.0 Å². The van der Waals surface area contributed by atoms with Crippen LogP contribution in [0.25, 0.3) is 9.88 Å². The molecule has 2 atom stereocenters. The van der Waals surface area contributed by atoms with Gasteiger partial charge >= 0.3 is 0 Å². The standard InChI is InChI=1S/C20H20N2O2S2/c1-12-9-15(12)16-7-6-14(24-16)11-22(13-4-5-13)20(23)18-10-21-19(26-18)17-3-2-8-25-17/h2-3,6-8,10,12-13,15H,4-5,9,11H2,1H3. The summed E-state index contributed by atoms with van der Waals surface area (Å²) in [5.41, 5.74) is 0. The molecule has 6 heteroatoms. The zero-order chi connectivity index (χ0) is 17.7. The van der Waals surface area contributed by atoms with Gasteiger partial charge in [0.25, 0.3) is 5.91 Å². The van der Waals surface area contributed by atoms with Gasteiger partial charge in [-0.05, 0) is 48.8 Å². The van der Waals surface area contributed by atoms with Crippen molar-refractivity contribution in [1.82, 2.24) is 9.88 Å². The third kappa shape index (κ3) is 3.12. The summed E-state index contributed by atoms with van der Waals surface area (Å²) in [6.07, 6.45) is 5.09. The first-order valence-corrected chi connectivity index (χ1v) is 10.8. The molecule has 0 spiro atoms. The summed E-state index contributed by atoms with van der Waals surface area (Å²) in [4.78, 5) is 21.3. The Bertz CT molecular complexity index is 923. The molecule has 3 aromatic rings. The van der Waals surface area contributed by atoms with Crippen LogP contribution in [0.3, 0.4) is 0 Å². The smallest absolute Gasteiger partial charge is 0.266 e. The van der Waals surface area contributed by atoms with Crippen LogP contribution in [0, 0.1) is 5.92 Å². The SMILES string of the molecule is CC1CC1c1ccc(CN(C(=O)c2cnc(-c3cccs3)s2)C2CC2)o1. The number of furan rings is 1. The van der Waals surface area contributed by atoms with Crippen LogP contribution in [0.15, 0.2) is 40.3 Å². The van der Waals surface area contributed by atoms with Gasteiger partial charge in [0.1, 0.15) is 21.4 Å². The summed E-state index contributed by atoms with van der Waals surface area (Å²) >= 11 is 3.13. The molecular formula is C20H20N2O2S2. The van der Waals surface area contributed by atoms with Crippen LogP contribution < -0.4 is 0 Å². The average molecular weight is 385 g/mol. The van der Waals surface area contributed by atoms with Gasteiger partial charge < -0.3 is 9.32 Å². The minimum atomic E-state index is 0.0746. The number of rotatable bonds is 6. The Morgan fingerprint density at radius 2 is 2.19 bits per heavy atom. The van der Waals surface area contributed by atoms with Gasteiger partial charge in [0.2, 0.25) is 0 Å². The predicted octanol–water partition coefficient (Wildman–Crippen LogP) is 5.39. The molecule has 0 aliphatic heterocycles. The van der Waals surface area contributed by atoms with Gasteiger partial charge in [0.05, 0.1) is 17.6 Å². The molecule has 0 radical (unpaired) electrons. The molecule has 0 saturated heterocycles. The highest BCUT2D eigenvalue weighted by atomic mass is 32.1. The molecule has 0 bridgehead atoms. The lowest BCUT2D eigenvalue weighted by atomic mass is 10.3. The van der Waals surface area contributed by atoms with Gasteiger partial charge in [-0.2, -0.15) is 0 Å². The lowest BCUT2D eigenvalue weighted by Gasteiger charge is -2.20. The molecule has 26 heavy (non-hydrogen) atoms. The second kappa shape index (κ2) is 6.35. The second-order valence-corrected chi connectivity index (χ2v) is 9.27. The van der Waals surface area contributed by atoms with E-state index >= 15 is 0 Å². The van der Waals surface area contributed by atoms with Crippen LogP contribution in [-0.2, 0) is 6.54 Å². The largest absolute Gasteiger partial charge is 0.464 e. The highest BCUT2D eigenvalue weighted by Crippen LogP contribution is 2.47. The summed E-state index contributed by atoms with van der Waals surface area (Å²) in [6.45, 7) is 2.80. The van der Waals surface area contributed by atoms with Crippen LogP contribution >= 0.6 is 22.7 Å². The van der Waals surface area contributed by atoms with E-state index in [-0.39, 0.29) is 5.91 Å². The molecule has 0 aromatic carbocycles. The number of amides is 1. The molecule has 4 nitrogen and oxygen atoms in total. The van der Waals surface area contributed by atoms with Crippen LogP contribution in [0.2, 0.25) is 0 Å². The van der Waals surface area contributed by atoms with E-state index in [0.29, 0.717) is 23.4 Å². The highest BCUT2D eigenvalue weighted by molar-refractivity contribution is 7.21. The van der Waals surface area contributed by atoms with E-state index in [9.17, 15) is 4.79 Å². The maximum atomic E-state index is 13.1. The van der Waals surface area contributed by atoms with Gasteiger partial charge in [0.15, 0.2) is 0 Å². The van der Waals surface area contributed by atoms with Gasteiger partial charge in [-0.25, -0.2) is 4.98 Å². The van der Waals surface area contributed by atoms with Crippen molar-refractivity contribution in [3.8, 4) is 9.88 Å². The van der Waals surface area contributed by atoms with Crippen LogP contribution in [0.1, 0.15) is 53.3 Å². The highest BCUT2D eigenvalue weighted by Gasteiger charge is 2.38. The van der Waals surface area contributed by atoms with Crippen molar-refractivity contribution >= 4 is 28.6 Å². The first-order chi connectivity index (χ1) is 12.7. The maximum absolute atomic E-state index is 13.1. The van der Waals surface area contributed by atoms with Crippen molar-refractivity contribution in [1.29, 1.82) is 0 Å². The molecular weight excluding hydrogens is 364 g/mol. The van der Waals surface area contributed by atoms with Gasteiger partial charge in [0, 0.05) is 12.0 Å². The van der Waals surface area contributed by atoms with E-state index in [2.05, 4.69) is 18.0 Å². The molecule has 3 heterocycles. The van der Waals surface area contributed by atoms with E-state index in [4.69, 9.17) is 4.42 Å². The van der Waals surface area contributed by atoms with Crippen molar-refractivity contribution in [2.24, 2.45) is 5.92 Å². The number of aromatic nitrogens is 1. The minimum Gasteiger partial charge on any atom is -0.464 e. The average Bonchev–Trinajstić information content (AvgIpc) is 3.38. The maximum Gasteiger partial charge on any atom is 0.266 e. The fourth-order valence-electron chi connectivity index (χ4n) is 3.35. The summed E-state index contributed by atoms with van der Waals surface area (Å²) in [7, 11) is 0. The van der Waals surface area contributed by atoms with Crippen molar-refractivity contribution in [3.63, 3.8) is 0 Å². The Kier molecular flexibility index (Phi) is 3.98. The Labute approximate surface area is 160 Å². The first-order valence-electron chi connectivity index (χ1n) is 9.08. The molecule has 5 rings (SSSR count). The van der Waals surface area contributed by atoms with Crippen LogP contribution in [0.4, 0.5) is 0 Å². The molecule has 2 saturated carbocycles. The monoisotopic (exact) mass is 384 g/mol. The summed E-state index contributed by atoms with van der Waals surface area (Å²) in [5, 5.41) is 2.95. The van der Waals surface area contributed by atoms with Gasteiger partial charge in [-0.3, -0.25) is 4.79 Å². The summed E-state index contributed by atoms with van der Waals surface area (Å²) < 4.78 is 6.03. The lowest BCUT2D eigenvalue weighted by Crippen LogP contribution is -2.31. The van der Waals surface area contributed by atoms with Crippen LogP contribution in [-0.4, -0.2) is 21.8 Å². The van der Waals surface area contributed by atoms with E-state index < -0.39 is 0 Å². The number of carbonyl (C=O) groups is 1. The molecule has 3 aromatic heterocycles. The minimum absolute atomic E-state index is 0.0746. The molecule has 2 fully saturated rings. The molecule has 2 aliphatic rings. The fourth-order valence-corrected chi connectivity index (χ4v) is 5.02. The van der Waals surface area contributed by atoms with Gasteiger partial charge in [-0.15, -0.1) is 22.7 Å². The summed E-state index contributed by atoms with van der Waals surface area (Å²) in [5.74, 6) is 3.34. The zero-order valence-electron chi connectivity index (χ0n) is 14.6. The van der Waals surface area contributed by atoms with Crippen molar-refractivity contribution < 1.29 is 9.21 Å². The Balaban J connectivity index is 1.34. The molecule has 2 aliphatic carbocycles. The Morgan fingerprint density at radius 3 is 2.88 bits per heavy atom. The number of hydrogen-bond donors (Lipinski definition) is 0. The molecule has 2 unspecified atom stereocenters. The van der Waals surface area contributed by atoms with E-state index in [1.807, 2.05) is 28.5 Å². The van der Waals surface area contributed by atoms with Crippen LogP contribution in [0.5, 0.6) is 0 Å². The lowest BCUT2D eigenvalue weighted by molar-refractivity contribution is 0.0721. The first kappa shape index (κ1) is 16.3. The number of thiophene rings is 1. The third-order valence-corrected chi connectivity index (χ3v) is 7.20.